The molecule has 0 saturated carbocycles. The second-order valence-corrected chi connectivity index (χ2v) is 5.82. The number of urea groups is 1. The van der Waals surface area contributed by atoms with E-state index in [1.807, 2.05) is 68.4 Å². The van der Waals surface area contributed by atoms with Gasteiger partial charge >= 0.3 is 6.03 Å². The Labute approximate surface area is 137 Å². The van der Waals surface area contributed by atoms with Crippen molar-refractivity contribution in [3.8, 4) is 0 Å². The first-order valence-corrected chi connectivity index (χ1v) is 7.88. The number of carbonyl (C=O) groups excluding carboxylic acids is 1. The molecule has 0 bridgehead atoms. The van der Waals surface area contributed by atoms with Crippen molar-refractivity contribution in [2.24, 2.45) is 0 Å². The summed E-state index contributed by atoms with van der Waals surface area (Å²) in [4.78, 5) is 12.0. The molecule has 0 spiro atoms. The van der Waals surface area contributed by atoms with Crippen LogP contribution >= 0.6 is 0 Å². The highest BCUT2D eigenvalue weighted by atomic mass is 16.3. The molecule has 23 heavy (non-hydrogen) atoms. The Hall–Kier alpha value is -2.33. The van der Waals surface area contributed by atoms with Gasteiger partial charge in [-0.15, -0.1) is 0 Å². The van der Waals surface area contributed by atoms with Crippen molar-refractivity contribution in [3.63, 3.8) is 0 Å². The minimum atomic E-state index is -0.581. The summed E-state index contributed by atoms with van der Waals surface area (Å²) in [5.74, 6) is 0. The molecular weight excluding hydrogens is 288 g/mol. The second-order valence-electron chi connectivity index (χ2n) is 5.82. The van der Waals surface area contributed by atoms with E-state index in [1.165, 1.54) is 0 Å². The average Bonchev–Trinajstić information content (AvgIpc) is 2.54. The summed E-state index contributed by atoms with van der Waals surface area (Å²) in [5, 5.41) is 15.9. The van der Waals surface area contributed by atoms with Crippen LogP contribution in [0.15, 0.2) is 54.6 Å². The largest absolute Gasteiger partial charge is 0.388 e. The Balaban J connectivity index is 1.77. The van der Waals surface area contributed by atoms with Gasteiger partial charge in [0.05, 0.1) is 6.10 Å². The fourth-order valence-electron chi connectivity index (χ4n) is 2.46. The van der Waals surface area contributed by atoms with Crippen LogP contribution in [0.4, 0.5) is 4.79 Å². The van der Waals surface area contributed by atoms with Crippen molar-refractivity contribution in [2.75, 3.05) is 0 Å². The van der Waals surface area contributed by atoms with Gasteiger partial charge in [0.25, 0.3) is 0 Å². The van der Waals surface area contributed by atoms with Crippen molar-refractivity contribution in [3.05, 3.63) is 71.3 Å². The van der Waals surface area contributed by atoms with Crippen molar-refractivity contribution in [1.29, 1.82) is 0 Å². The van der Waals surface area contributed by atoms with Gasteiger partial charge in [-0.05, 0) is 37.0 Å². The molecular formula is C19H24N2O2. The Morgan fingerprint density at radius 1 is 1.09 bits per heavy atom. The summed E-state index contributed by atoms with van der Waals surface area (Å²) < 4.78 is 0. The highest BCUT2D eigenvalue weighted by Gasteiger charge is 2.14. The molecule has 4 heteroatoms. The molecule has 2 atom stereocenters. The van der Waals surface area contributed by atoms with Gasteiger partial charge in [0.2, 0.25) is 0 Å². The quantitative estimate of drug-likeness (QED) is 0.766. The zero-order valence-electron chi connectivity index (χ0n) is 13.6. The van der Waals surface area contributed by atoms with E-state index < -0.39 is 6.10 Å². The Morgan fingerprint density at radius 3 is 2.43 bits per heavy atom. The molecule has 0 radical (unpaired) electrons. The molecule has 2 amide bonds. The van der Waals surface area contributed by atoms with E-state index in [1.54, 1.807) is 0 Å². The Bertz CT molecular complexity index is 628. The number of aryl methyl sites for hydroxylation is 1. The van der Waals surface area contributed by atoms with Crippen LogP contribution in [-0.2, 0) is 6.54 Å². The molecule has 0 aliphatic carbocycles. The van der Waals surface area contributed by atoms with Crippen LogP contribution in [0.1, 0.15) is 36.1 Å². The molecule has 0 fully saturated rings. The van der Waals surface area contributed by atoms with Crippen molar-refractivity contribution >= 4 is 6.03 Å². The van der Waals surface area contributed by atoms with Gasteiger partial charge < -0.3 is 15.7 Å². The topological polar surface area (TPSA) is 61.4 Å². The third-order valence-electron chi connectivity index (χ3n) is 3.84. The number of aliphatic hydroxyl groups is 1. The standard InChI is InChI=1S/C19H24N2O2/c1-14-8-6-7-11-17(14)13-20-19(23)21-15(2)12-18(22)16-9-4-3-5-10-16/h3-11,15,18,22H,12-13H2,1-2H3,(H2,20,21,23). The van der Waals surface area contributed by atoms with E-state index in [2.05, 4.69) is 10.6 Å². The molecule has 4 nitrogen and oxygen atoms in total. The van der Waals surface area contributed by atoms with E-state index in [9.17, 15) is 9.90 Å². The molecule has 3 N–H and O–H groups in total. The number of amides is 2. The molecule has 2 aromatic carbocycles. The molecule has 0 aromatic heterocycles. The maximum Gasteiger partial charge on any atom is 0.315 e. The highest BCUT2D eigenvalue weighted by molar-refractivity contribution is 5.74. The van der Waals surface area contributed by atoms with Crippen molar-refractivity contribution in [1.82, 2.24) is 10.6 Å². The number of benzene rings is 2. The maximum atomic E-state index is 12.0. The third-order valence-corrected chi connectivity index (χ3v) is 3.84. The smallest absolute Gasteiger partial charge is 0.315 e. The maximum absolute atomic E-state index is 12.0. The van der Waals surface area contributed by atoms with Gasteiger partial charge in [0.15, 0.2) is 0 Å². The zero-order chi connectivity index (χ0) is 16.7. The van der Waals surface area contributed by atoms with Gasteiger partial charge in [-0.2, -0.15) is 0 Å². The van der Waals surface area contributed by atoms with E-state index in [0.717, 1.165) is 16.7 Å². The van der Waals surface area contributed by atoms with Gasteiger partial charge in [0, 0.05) is 12.6 Å². The monoisotopic (exact) mass is 312 g/mol. The minimum Gasteiger partial charge on any atom is -0.388 e. The van der Waals surface area contributed by atoms with Gasteiger partial charge in [-0.25, -0.2) is 4.79 Å². The Morgan fingerprint density at radius 2 is 1.74 bits per heavy atom. The molecule has 2 aromatic rings. The number of hydrogen-bond acceptors (Lipinski definition) is 2. The number of aliphatic hydroxyl groups excluding tert-OH is 1. The fraction of sp³-hybridized carbons (Fsp3) is 0.316. The molecule has 2 rings (SSSR count). The van der Waals surface area contributed by atoms with Crippen LogP contribution in [0.3, 0.4) is 0 Å². The molecule has 0 aliphatic rings. The average molecular weight is 312 g/mol. The van der Waals surface area contributed by atoms with Crippen molar-refractivity contribution in [2.45, 2.75) is 39.0 Å². The molecule has 2 unspecified atom stereocenters. The first-order chi connectivity index (χ1) is 11.1. The van der Waals surface area contributed by atoms with Crippen LogP contribution in [0.2, 0.25) is 0 Å². The first-order valence-electron chi connectivity index (χ1n) is 7.88. The van der Waals surface area contributed by atoms with Gasteiger partial charge in [-0.3, -0.25) is 0 Å². The lowest BCUT2D eigenvalue weighted by Crippen LogP contribution is -2.41. The van der Waals surface area contributed by atoms with Crippen LogP contribution < -0.4 is 10.6 Å². The van der Waals surface area contributed by atoms with E-state index in [0.29, 0.717) is 13.0 Å². The molecule has 0 saturated heterocycles. The van der Waals surface area contributed by atoms with Crippen molar-refractivity contribution < 1.29 is 9.90 Å². The van der Waals surface area contributed by atoms with Gasteiger partial charge in [0.1, 0.15) is 0 Å². The van der Waals surface area contributed by atoms with Crippen LogP contribution in [0.25, 0.3) is 0 Å². The second kappa shape index (κ2) is 8.34. The first kappa shape index (κ1) is 17.0. The highest BCUT2D eigenvalue weighted by Crippen LogP contribution is 2.17. The summed E-state index contributed by atoms with van der Waals surface area (Å²) in [5.41, 5.74) is 3.11. The van der Waals surface area contributed by atoms with Crippen LogP contribution in [0.5, 0.6) is 0 Å². The molecule has 122 valence electrons. The van der Waals surface area contributed by atoms with E-state index >= 15 is 0 Å². The predicted molar refractivity (Wildman–Crippen MR) is 92.0 cm³/mol. The summed E-state index contributed by atoms with van der Waals surface area (Å²) in [6, 6.07) is 17.1. The number of hydrogen-bond donors (Lipinski definition) is 3. The summed E-state index contributed by atoms with van der Waals surface area (Å²) in [6.45, 7) is 4.40. The van der Waals surface area contributed by atoms with Crippen LogP contribution in [-0.4, -0.2) is 17.2 Å². The lowest BCUT2D eigenvalue weighted by atomic mass is 10.0. The normalized spacial score (nSPS) is 13.2. The zero-order valence-corrected chi connectivity index (χ0v) is 13.6. The Kier molecular flexibility index (Phi) is 6.18. The third kappa shape index (κ3) is 5.42. The fourth-order valence-corrected chi connectivity index (χ4v) is 2.46. The van der Waals surface area contributed by atoms with E-state index in [-0.39, 0.29) is 12.1 Å². The summed E-state index contributed by atoms with van der Waals surface area (Å²) in [7, 11) is 0. The summed E-state index contributed by atoms with van der Waals surface area (Å²) >= 11 is 0. The molecule has 0 aliphatic heterocycles. The van der Waals surface area contributed by atoms with E-state index in [4.69, 9.17) is 0 Å². The lowest BCUT2D eigenvalue weighted by molar-refractivity contribution is 0.154. The van der Waals surface area contributed by atoms with Crippen LogP contribution in [0, 0.1) is 6.92 Å². The SMILES string of the molecule is Cc1ccccc1CNC(=O)NC(C)CC(O)c1ccccc1. The minimum absolute atomic E-state index is 0.123. The lowest BCUT2D eigenvalue weighted by Gasteiger charge is -2.18. The van der Waals surface area contributed by atoms with Gasteiger partial charge in [-0.1, -0.05) is 54.6 Å². The number of carbonyl (C=O) groups is 1. The summed E-state index contributed by atoms with van der Waals surface area (Å²) in [6.07, 6.45) is -0.107. The molecule has 0 heterocycles. The number of nitrogens with one attached hydrogen (secondary N) is 2. The number of rotatable bonds is 6. The predicted octanol–water partition coefficient (Wildman–Crippen LogP) is 3.31.